The molecule has 2 bridgehead atoms. The van der Waals surface area contributed by atoms with Crippen LogP contribution in [0.3, 0.4) is 0 Å². The third-order valence-corrected chi connectivity index (χ3v) is 7.40. The molecule has 3 saturated heterocycles. The van der Waals surface area contributed by atoms with Crippen LogP contribution in [0.5, 0.6) is 0 Å². The van der Waals surface area contributed by atoms with Gasteiger partial charge in [-0.3, -0.25) is 4.79 Å². The molecule has 4 rings (SSSR count). The van der Waals surface area contributed by atoms with Crippen molar-refractivity contribution in [2.24, 2.45) is 5.92 Å². The molecule has 3 aliphatic rings. The summed E-state index contributed by atoms with van der Waals surface area (Å²) >= 11 is 7.23. The summed E-state index contributed by atoms with van der Waals surface area (Å²) in [6.07, 6.45) is 13.1. The van der Waals surface area contributed by atoms with Gasteiger partial charge in [-0.05, 0) is 82.1 Å². The molecule has 0 aromatic carbocycles. The number of halogens is 1. The largest absolute Gasteiger partial charge is 0.388 e. The summed E-state index contributed by atoms with van der Waals surface area (Å²) in [6.45, 7) is 15.9. The standard InChI is InChI=1S/C18H27N3OS.C8H12ClN.C2H6/c1-3-16-14(5-4-8-19-2)11-17(23-16)18(22)20-15-12-21-9-6-13(15)7-10-21;1-4-8(10-3)6-5-7(2)9;1-2/h4-5,11,13,15,19H,3,6-10,12H2,1-2H3,(H,20,22);4-6,10H,1H2,2-3H3;1-2H3/b5-4-;7-5+,8-6+;/t15-;;/m0../s1. The minimum atomic E-state index is 0.108. The Balaban J connectivity index is 0.000000433. The number of fused-ring (bicyclic) bond motifs is 3. The molecule has 1 atom stereocenters. The van der Waals surface area contributed by atoms with Crippen LogP contribution in [-0.2, 0) is 6.42 Å². The second-order valence-electron chi connectivity index (χ2n) is 8.35. The molecule has 1 aromatic rings. The van der Waals surface area contributed by atoms with E-state index in [4.69, 9.17) is 11.6 Å². The van der Waals surface area contributed by atoms with Crippen molar-refractivity contribution in [3.63, 3.8) is 0 Å². The number of nitrogens with zero attached hydrogens (tertiary/aromatic N) is 1. The lowest BCUT2D eigenvalue weighted by Crippen LogP contribution is -2.57. The zero-order valence-corrected chi connectivity index (χ0v) is 24.0. The molecule has 0 spiro atoms. The molecule has 196 valence electrons. The van der Waals surface area contributed by atoms with E-state index < -0.39 is 0 Å². The lowest BCUT2D eigenvalue weighted by atomic mass is 9.84. The van der Waals surface area contributed by atoms with E-state index in [9.17, 15) is 4.79 Å². The number of likely N-dealkylation sites (N-methyl/N-ethyl adjacent to an activating group) is 2. The Bertz CT molecular complexity index is 862. The molecular formula is C28H45ClN4OS. The monoisotopic (exact) mass is 520 g/mol. The van der Waals surface area contributed by atoms with Crippen molar-refractivity contribution in [1.29, 1.82) is 0 Å². The normalized spacial score (nSPS) is 21.5. The molecule has 7 heteroatoms. The maximum absolute atomic E-state index is 12.6. The smallest absolute Gasteiger partial charge is 0.261 e. The molecule has 0 radical (unpaired) electrons. The lowest BCUT2D eigenvalue weighted by Gasteiger charge is -2.44. The number of piperidine rings is 3. The van der Waals surface area contributed by atoms with Crippen molar-refractivity contribution in [3.8, 4) is 0 Å². The average Bonchev–Trinajstić information content (AvgIpc) is 3.30. The zero-order chi connectivity index (χ0) is 26.2. The number of carbonyl (C=O) groups is 1. The third kappa shape index (κ3) is 10.7. The zero-order valence-electron chi connectivity index (χ0n) is 22.4. The summed E-state index contributed by atoms with van der Waals surface area (Å²) in [6, 6.07) is 2.38. The first kappa shape index (κ1) is 31.2. The van der Waals surface area contributed by atoms with Gasteiger partial charge in [0, 0.05) is 41.8 Å². The number of rotatable bonds is 9. The second-order valence-corrected chi connectivity index (χ2v) is 10.1. The Kier molecular flexibility index (Phi) is 15.6. The first-order chi connectivity index (χ1) is 16.9. The van der Waals surface area contributed by atoms with Crippen LogP contribution in [-0.4, -0.2) is 57.1 Å². The van der Waals surface area contributed by atoms with E-state index in [0.717, 1.165) is 35.1 Å². The predicted octanol–water partition coefficient (Wildman–Crippen LogP) is 5.81. The average molecular weight is 521 g/mol. The Morgan fingerprint density at radius 3 is 2.43 bits per heavy atom. The fourth-order valence-electron chi connectivity index (χ4n) is 4.10. The van der Waals surface area contributed by atoms with E-state index in [1.54, 1.807) is 17.4 Å². The van der Waals surface area contributed by atoms with E-state index in [2.05, 4.69) is 46.5 Å². The molecule has 35 heavy (non-hydrogen) atoms. The molecule has 1 aromatic heterocycles. The summed E-state index contributed by atoms with van der Waals surface area (Å²) < 4.78 is 0. The molecule has 0 saturated carbocycles. The summed E-state index contributed by atoms with van der Waals surface area (Å²) in [5.41, 5.74) is 2.15. The SMILES string of the molecule is C=C/C(=C\C=C(/C)Cl)NC.CC.CCc1sc(C(=O)N[C@H]2CN3CCC2CC3)cc1/C=C\CNC. The Morgan fingerprint density at radius 2 is 1.94 bits per heavy atom. The summed E-state index contributed by atoms with van der Waals surface area (Å²) in [5, 5.41) is 10.1. The van der Waals surface area contributed by atoms with Crippen molar-refractivity contribution >= 4 is 34.9 Å². The number of aryl methyl sites for hydroxylation is 1. The Labute approximate surface area is 222 Å². The van der Waals surface area contributed by atoms with Gasteiger partial charge in [-0.25, -0.2) is 0 Å². The topological polar surface area (TPSA) is 56.4 Å². The summed E-state index contributed by atoms with van der Waals surface area (Å²) in [7, 11) is 3.77. The highest BCUT2D eigenvalue weighted by Gasteiger charge is 2.35. The minimum absolute atomic E-state index is 0.108. The molecule has 5 nitrogen and oxygen atoms in total. The van der Waals surface area contributed by atoms with Crippen LogP contribution in [0.25, 0.3) is 6.08 Å². The van der Waals surface area contributed by atoms with Crippen molar-refractivity contribution in [3.05, 3.63) is 63.0 Å². The number of thiophene rings is 1. The number of allylic oxidation sites excluding steroid dienone is 4. The van der Waals surface area contributed by atoms with Gasteiger partial charge in [0.15, 0.2) is 0 Å². The van der Waals surface area contributed by atoms with Crippen molar-refractivity contribution in [1.82, 2.24) is 20.9 Å². The van der Waals surface area contributed by atoms with E-state index in [1.807, 2.05) is 53.1 Å². The maximum Gasteiger partial charge on any atom is 0.261 e. The Hall–Kier alpha value is -1.86. The van der Waals surface area contributed by atoms with E-state index in [0.29, 0.717) is 12.0 Å². The van der Waals surface area contributed by atoms with Crippen molar-refractivity contribution in [2.45, 2.75) is 53.0 Å². The second kappa shape index (κ2) is 17.6. The van der Waals surface area contributed by atoms with Crippen LogP contribution in [0.15, 0.2) is 47.7 Å². The number of hydrogen-bond acceptors (Lipinski definition) is 5. The van der Waals surface area contributed by atoms with Crippen molar-refractivity contribution in [2.75, 3.05) is 40.3 Å². The van der Waals surface area contributed by atoms with E-state index >= 15 is 0 Å². The van der Waals surface area contributed by atoms with Crippen LogP contribution in [0.2, 0.25) is 0 Å². The maximum atomic E-state index is 12.6. The first-order valence-corrected chi connectivity index (χ1v) is 13.9. The highest BCUT2D eigenvalue weighted by molar-refractivity contribution is 7.14. The molecule has 0 unspecified atom stereocenters. The van der Waals surface area contributed by atoms with E-state index in [1.165, 1.54) is 36.4 Å². The van der Waals surface area contributed by atoms with Gasteiger partial charge in [-0.2, -0.15) is 0 Å². The van der Waals surface area contributed by atoms with Crippen LogP contribution >= 0.6 is 22.9 Å². The lowest BCUT2D eigenvalue weighted by molar-refractivity contribution is 0.0622. The summed E-state index contributed by atoms with van der Waals surface area (Å²) in [4.78, 5) is 17.3. The van der Waals surface area contributed by atoms with Gasteiger partial charge in [0.25, 0.3) is 5.91 Å². The highest BCUT2D eigenvalue weighted by Crippen LogP contribution is 2.29. The van der Waals surface area contributed by atoms with Gasteiger partial charge in [-0.1, -0.05) is 51.1 Å². The predicted molar refractivity (Wildman–Crippen MR) is 155 cm³/mol. The van der Waals surface area contributed by atoms with Gasteiger partial charge < -0.3 is 20.9 Å². The fraction of sp³-hybridized carbons (Fsp3) is 0.536. The van der Waals surface area contributed by atoms with Gasteiger partial charge in [0.2, 0.25) is 0 Å². The number of hydrogen-bond donors (Lipinski definition) is 3. The molecule has 4 heterocycles. The van der Waals surface area contributed by atoms with Crippen LogP contribution < -0.4 is 16.0 Å². The number of nitrogens with one attached hydrogen (secondary N) is 3. The van der Waals surface area contributed by atoms with Crippen LogP contribution in [0.4, 0.5) is 0 Å². The fourth-order valence-corrected chi connectivity index (χ4v) is 5.16. The molecule has 3 aliphatic heterocycles. The quantitative estimate of drug-likeness (QED) is 0.359. The molecular weight excluding hydrogens is 476 g/mol. The molecule has 0 aliphatic carbocycles. The van der Waals surface area contributed by atoms with E-state index in [-0.39, 0.29) is 5.91 Å². The summed E-state index contributed by atoms with van der Waals surface area (Å²) in [5.74, 6) is 0.779. The molecule has 1 amide bonds. The Morgan fingerprint density at radius 1 is 1.26 bits per heavy atom. The number of amides is 1. The first-order valence-electron chi connectivity index (χ1n) is 12.7. The minimum Gasteiger partial charge on any atom is -0.388 e. The van der Waals surface area contributed by atoms with Gasteiger partial charge in [0.1, 0.15) is 0 Å². The highest BCUT2D eigenvalue weighted by atomic mass is 35.5. The number of carbonyl (C=O) groups excluding carboxylic acids is 1. The molecule has 3 N–H and O–H groups in total. The van der Waals surface area contributed by atoms with Gasteiger partial charge in [-0.15, -0.1) is 11.3 Å². The van der Waals surface area contributed by atoms with Crippen LogP contribution in [0, 0.1) is 5.92 Å². The van der Waals surface area contributed by atoms with Gasteiger partial charge >= 0.3 is 0 Å². The van der Waals surface area contributed by atoms with Gasteiger partial charge in [0.05, 0.1) is 4.88 Å². The molecule has 3 fully saturated rings. The third-order valence-electron chi connectivity index (χ3n) is 5.98. The van der Waals surface area contributed by atoms with Crippen LogP contribution in [0.1, 0.15) is 60.6 Å². The van der Waals surface area contributed by atoms with Crippen molar-refractivity contribution < 1.29 is 4.79 Å².